The molecule has 3 aromatic rings. The minimum atomic E-state index is -4.86. The van der Waals surface area contributed by atoms with Crippen molar-refractivity contribution in [2.24, 2.45) is 0 Å². The number of nitrogens with one attached hydrogen (secondary N) is 3. The molecule has 1 amide bonds. The molecule has 5 rings (SSSR count). The van der Waals surface area contributed by atoms with E-state index in [1.807, 2.05) is 0 Å². The van der Waals surface area contributed by atoms with Gasteiger partial charge in [-0.15, -0.1) is 0 Å². The van der Waals surface area contributed by atoms with Crippen LogP contribution < -0.4 is 38.2 Å². The van der Waals surface area contributed by atoms with Crippen molar-refractivity contribution >= 4 is 48.8 Å². The predicted octanol–water partition coefficient (Wildman–Crippen LogP) is -1.27. The summed E-state index contributed by atoms with van der Waals surface area (Å²) in [6.07, 6.45) is -2.19. The second kappa shape index (κ2) is 16.1. The number of benzene rings is 1. The Morgan fingerprint density at radius 2 is 1.85 bits per heavy atom. The normalized spacial score (nSPS) is 20.4. The summed E-state index contributed by atoms with van der Waals surface area (Å²) in [5, 5.41) is 34.2. The first kappa shape index (κ1) is 38.8. The zero-order valence-corrected chi connectivity index (χ0v) is 28.7. The molecule has 2 aromatic heterocycles. The van der Waals surface area contributed by atoms with E-state index in [0.717, 1.165) is 4.57 Å². The minimum absolute atomic E-state index is 0.0425. The summed E-state index contributed by atoms with van der Waals surface area (Å²) in [7, 11) is -4.86. The maximum absolute atomic E-state index is 13.1. The van der Waals surface area contributed by atoms with Gasteiger partial charge in [0.05, 0.1) is 30.5 Å². The SMILES string of the molecule is Nc1nc(N)c2c(n1)CC[C@@H](CNc1ccc(C(=O)N[C@@H](CCC(=O)O)C(=O)O)cc1)N2Cc1cn([C@H]2C[C@H](O)[C@@H](COP(=O)(O)O)O2)c(=O)[nH]c1=O. The van der Waals surface area contributed by atoms with Crippen molar-refractivity contribution < 1.29 is 53.3 Å². The number of carbonyl (C=O) groups excluding carboxylic acids is 1. The number of nitrogens with zero attached hydrogens (tertiary/aromatic N) is 4. The number of nitrogens with two attached hydrogens (primary N) is 2. The third kappa shape index (κ3) is 9.74. The number of H-pyrrole nitrogens is 1. The molecule has 1 saturated heterocycles. The fraction of sp³-hybridized carbons (Fsp3) is 0.433. The Hall–Kier alpha value is -5.38. The molecule has 1 aromatic carbocycles. The van der Waals surface area contributed by atoms with E-state index in [1.54, 1.807) is 17.0 Å². The second-order valence-corrected chi connectivity index (χ2v) is 13.6. The van der Waals surface area contributed by atoms with Crippen LogP contribution in [0.25, 0.3) is 0 Å². The molecule has 286 valence electrons. The third-order valence-corrected chi connectivity index (χ3v) is 9.17. The quantitative estimate of drug-likeness (QED) is 0.0807. The van der Waals surface area contributed by atoms with E-state index in [-0.39, 0.29) is 54.9 Å². The Morgan fingerprint density at radius 3 is 2.51 bits per heavy atom. The van der Waals surface area contributed by atoms with Crippen LogP contribution in [0, 0.1) is 0 Å². The van der Waals surface area contributed by atoms with E-state index in [2.05, 4.69) is 30.1 Å². The van der Waals surface area contributed by atoms with E-state index < -0.39 is 74.4 Å². The zero-order valence-electron chi connectivity index (χ0n) is 27.8. The molecule has 23 heteroatoms. The van der Waals surface area contributed by atoms with Crippen LogP contribution in [0.1, 0.15) is 53.5 Å². The van der Waals surface area contributed by atoms with Crippen molar-refractivity contribution in [1.29, 1.82) is 0 Å². The number of anilines is 4. The van der Waals surface area contributed by atoms with Gasteiger partial charge in [0.25, 0.3) is 11.5 Å². The molecule has 4 heterocycles. The van der Waals surface area contributed by atoms with Gasteiger partial charge in [-0.2, -0.15) is 4.98 Å². The van der Waals surface area contributed by atoms with Crippen LogP contribution in [-0.4, -0.2) is 99.9 Å². The minimum Gasteiger partial charge on any atom is -0.481 e. The number of aliphatic hydroxyl groups is 1. The highest BCUT2D eigenvalue weighted by Gasteiger charge is 2.38. The molecule has 1 fully saturated rings. The molecule has 0 bridgehead atoms. The number of aliphatic carboxylic acids is 2. The molecule has 0 unspecified atom stereocenters. The number of aromatic amines is 1. The van der Waals surface area contributed by atoms with Gasteiger partial charge < -0.3 is 56.8 Å². The van der Waals surface area contributed by atoms with Crippen molar-refractivity contribution in [3.8, 4) is 0 Å². The molecular formula is C30H38N9O13P. The van der Waals surface area contributed by atoms with Crippen LogP contribution in [-0.2, 0) is 36.4 Å². The molecule has 0 radical (unpaired) electrons. The van der Waals surface area contributed by atoms with Gasteiger partial charge in [-0.25, -0.2) is 19.1 Å². The summed E-state index contributed by atoms with van der Waals surface area (Å²) >= 11 is 0. The number of carbonyl (C=O) groups is 3. The average molecular weight is 764 g/mol. The highest BCUT2D eigenvalue weighted by atomic mass is 31.2. The second-order valence-electron chi connectivity index (χ2n) is 12.4. The van der Waals surface area contributed by atoms with Gasteiger partial charge in [0.2, 0.25) is 5.95 Å². The molecule has 0 spiro atoms. The number of ether oxygens (including phenoxy) is 1. The lowest BCUT2D eigenvalue weighted by Crippen LogP contribution is -2.46. The summed E-state index contributed by atoms with van der Waals surface area (Å²) in [6, 6.07) is 4.36. The molecular weight excluding hydrogens is 725 g/mol. The van der Waals surface area contributed by atoms with Gasteiger partial charge in [0, 0.05) is 42.9 Å². The number of hydrogen-bond donors (Lipinski definition) is 10. The number of hydrogen-bond acceptors (Lipinski definition) is 15. The van der Waals surface area contributed by atoms with E-state index in [9.17, 15) is 38.8 Å². The van der Waals surface area contributed by atoms with Crippen molar-refractivity contribution in [2.45, 2.75) is 69.2 Å². The molecule has 0 saturated carbocycles. The number of phosphoric ester groups is 1. The fourth-order valence-corrected chi connectivity index (χ4v) is 6.42. The van der Waals surface area contributed by atoms with Gasteiger partial charge in [0.1, 0.15) is 24.1 Å². The Morgan fingerprint density at radius 1 is 1.13 bits per heavy atom. The first-order chi connectivity index (χ1) is 25.0. The molecule has 53 heavy (non-hydrogen) atoms. The number of phosphoric acid groups is 1. The van der Waals surface area contributed by atoms with E-state index in [4.69, 9.17) is 31.1 Å². The Kier molecular flexibility index (Phi) is 11.8. The average Bonchev–Trinajstić information content (AvgIpc) is 3.45. The maximum Gasteiger partial charge on any atom is 0.469 e. The van der Waals surface area contributed by atoms with Crippen LogP contribution in [0.3, 0.4) is 0 Å². The predicted molar refractivity (Wildman–Crippen MR) is 184 cm³/mol. The number of aromatic nitrogens is 4. The van der Waals surface area contributed by atoms with Crippen molar-refractivity contribution in [1.82, 2.24) is 24.8 Å². The number of fused-ring (bicyclic) bond motifs is 1. The van der Waals surface area contributed by atoms with E-state index >= 15 is 0 Å². The van der Waals surface area contributed by atoms with E-state index in [0.29, 0.717) is 29.9 Å². The van der Waals surface area contributed by atoms with Crippen molar-refractivity contribution in [3.05, 3.63) is 68.1 Å². The molecule has 2 aliphatic heterocycles. The van der Waals surface area contributed by atoms with Gasteiger partial charge in [-0.1, -0.05) is 0 Å². The lowest BCUT2D eigenvalue weighted by molar-refractivity contribution is -0.140. The van der Waals surface area contributed by atoms with E-state index in [1.165, 1.54) is 18.3 Å². The van der Waals surface area contributed by atoms with Gasteiger partial charge in [-0.3, -0.25) is 28.5 Å². The topological polar surface area (TPSA) is 348 Å². The Balaban J connectivity index is 1.34. The molecule has 12 N–H and O–H groups in total. The highest BCUT2D eigenvalue weighted by molar-refractivity contribution is 7.46. The van der Waals surface area contributed by atoms with Gasteiger partial charge >= 0.3 is 25.5 Å². The van der Waals surface area contributed by atoms with Crippen molar-refractivity contribution in [3.63, 3.8) is 0 Å². The number of amides is 1. The van der Waals surface area contributed by atoms with Crippen LogP contribution in [0.2, 0.25) is 0 Å². The van der Waals surface area contributed by atoms with Crippen LogP contribution in [0.4, 0.5) is 23.1 Å². The number of carboxylic acids is 2. The monoisotopic (exact) mass is 763 g/mol. The fourth-order valence-electron chi connectivity index (χ4n) is 6.08. The molecule has 0 aliphatic carbocycles. The van der Waals surface area contributed by atoms with Crippen LogP contribution in [0.5, 0.6) is 0 Å². The number of rotatable bonds is 15. The zero-order chi connectivity index (χ0) is 38.6. The van der Waals surface area contributed by atoms with Crippen molar-refractivity contribution in [2.75, 3.05) is 34.8 Å². The molecule has 5 atom stereocenters. The first-order valence-electron chi connectivity index (χ1n) is 16.1. The first-order valence-corrected chi connectivity index (χ1v) is 17.7. The summed E-state index contributed by atoms with van der Waals surface area (Å²) in [5.74, 6) is -3.25. The number of carboxylic acid groups (broad SMARTS) is 2. The number of aryl methyl sites for hydroxylation is 1. The molecule has 2 aliphatic rings. The van der Waals surface area contributed by atoms with Gasteiger partial charge in [0.15, 0.2) is 5.82 Å². The number of aliphatic hydroxyl groups excluding tert-OH is 1. The maximum atomic E-state index is 13.1. The number of nitrogen functional groups attached to an aromatic ring is 2. The summed E-state index contributed by atoms with van der Waals surface area (Å²) in [6.45, 7) is -0.496. The Labute approximate surface area is 299 Å². The van der Waals surface area contributed by atoms with Gasteiger partial charge in [-0.05, 0) is 43.5 Å². The molecule has 22 nitrogen and oxygen atoms in total. The Bertz CT molecular complexity index is 2020. The van der Waals surface area contributed by atoms with Crippen LogP contribution >= 0.6 is 7.82 Å². The largest absolute Gasteiger partial charge is 0.481 e. The van der Waals surface area contributed by atoms with Crippen LogP contribution in [0.15, 0.2) is 40.1 Å². The summed E-state index contributed by atoms with van der Waals surface area (Å²) in [5.41, 5.74) is 12.4. The lowest BCUT2D eigenvalue weighted by atomic mass is 9.98. The summed E-state index contributed by atoms with van der Waals surface area (Å²) < 4.78 is 22.3. The smallest absolute Gasteiger partial charge is 0.469 e. The summed E-state index contributed by atoms with van der Waals surface area (Å²) in [4.78, 5) is 91.5. The lowest BCUT2D eigenvalue weighted by Gasteiger charge is -2.39. The third-order valence-electron chi connectivity index (χ3n) is 8.69. The standard InChI is InChI=1S/C30H38N9O13P/c31-25-24-18(35-29(32)36-25)6-5-17(10-33-16-3-1-14(2-4-16)26(43)34-19(28(45)46)7-8-23(41)42)38(24)11-15-12-39(30(47)37-27(15)44)22-9-20(40)21(52-22)13-51-53(48,49)50/h1-4,12,17,19-22,33,40H,5-11,13H2,(H,34,43)(H,41,42)(H,45,46)(H,37,44,47)(H2,48,49,50)(H4,31,32,35,36)/t17-,19-,20-,21+,22+/m0/s1. The highest BCUT2D eigenvalue weighted by Crippen LogP contribution is 2.38.